The molecular formula is C19H18N6O2. The average Bonchev–Trinajstić information content (AvgIpc) is 3.26. The Morgan fingerprint density at radius 1 is 1.26 bits per heavy atom. The Morgan fingerprint density at radius 2 is 2.15 bits per heavy atom. The van der Waals surface area contributed by atoms with Gasteiger partial charge in [-0.2, -0.15) is 10.4 Å². The average molecular weight is 362 g/mol. The molecule has 136 valence electrons. The van der Waals surface area contributed by atoms with E-state index in [0.29, 0.717) is 36.8 Å². The molecule has 0 saturated carbocycles. The number of aromatic nitrogens is 4. The van der Waals surface area contributed by atoms with Crippen LogP contribution in [0, 0.1) is 11.3 Å². The first-order valence-electron chi connectivity index (χ1n) is 8.58. The predicted molar refractivity (Wildman–Crippen MR) is 95.7 cm³/mol. The zero-order valence-electron chi connectivity index (χ0n) is 14.8. The lowest BCUT2D eigenvalue weighted by Crippen LogP contribution is -2.39. The van der Waals surface area contributed by atoms with Gasteiger partial charge in [0.05, 0.1) is 25.2 Å². The van der Waals surface area contributed by atoms with Gasteiger partial charge in [0, 0.05) is 37.4 Å². The summed E-state index contributed by atoms with van der Waals surface area (Å²) in [4.78, 5) is 18.8. The molecule has 8 heteroatoms. The summed E-state index contributed by atoms with van der Waals surface area (Å²) in [5, 5.41) is 13.1. The summed E-state index contributed by atoms with van der Waals surface area (Å²) in [6.45, 7) is 1.51. The number of nitrogens with zero attached hydrogens (tertiary/aromatic N) is 6. The van der Waals surface area contributed by atoms with Crippen LogP contribution in [0.4, 0.5) is 0 Å². The third-order valence-electron chi connectivity index (χ3n) is 4.47. The Morgan fingerprint density at radius 3 is 2.85 bits per heavy atom. The summed E-state index contributed by atoms with van der Waals surface area (Å²) < 4.78 is 9.72. The molecule has 0 aromatic carbocycles. The normalized spacial score (nSPS) is 16.3. The first-order valence-corrected chi connectivity index (χ1v) is 8.58. The molecule has 27 heavy (non-hydrogen) atoms. The van der Waals surface area contributed by atoms with Crippen molar-refractivity contribution in [1.82, 2.24) is 24.2 Å². The van der Waals surface area contributed by atoms with Crippen molar-refractivity contribution in [2.24, 2.45) is 7.05 Å². The van der Waals surface area contributed by atoms with Crippen molar-refractivity contribution in [1.29, 1.82) is 5.26 Å². The van der Waals surface area contributed by atoms with Crippen LogP contribution < -0.4 is 4.74 Å². The van der Waals surface area contributed by atoms with Crippen LogP contribution in [0.15, 0.2) is 48.9 Å². The summed E-state index contributed by atoms with van der Waals surface area (Å²) in [6.07, 6.45) is 4.94. The van der Waals surface area contributed by atoms with Crippen LogP contribution in [0.5, 0.6) is 5.88 Å². The Balaban J connectivity index is 1.58. The molecule has 4 heterocycles. The van der Waals surface area contributed by atoms with Gasteiger partial charge in [-0.15, -0.1) is 0 Å². The highest BCUT2D eigenvalue weighted by molar-refractivity contribution is 5.92. The molecule has 0 spiro atoms. The van der Waals surface area contributed by atoms with Gasteiger partial charge >= 0.3 is 0 Å². The van der Waals surface area contributed by atoms with Gasteiger partial charge < -0.3 is 14.2 Å². The topological polar surface area (TPSA) is 89.0 Å². The molecule has 1 atom stereocenters. The van der Waals surface area contributed by atoms with Crippen LogP contribution in [0.25, 0.3) is 0 Å². The maximum atomic E-state index is 12.9. The van der Waals surface area contributed by atoms with Gasteiger partial charge in [0.25, 0.3) is 5.91 Å². The van der Waals surface area contributed by atoms with Crippen LogP contribution in [-0.4, -0.2) is 42.8 Å². The van der Waals surface area contributed by atoms with E-state index in [2.05, 4.69) is 14.6 Å². The number of carbonyl (C=O) groups excluding carboxylic acids is 1. The van der Waals surface area contributed by atoms with Gasteiger partial charge in [-0.25, -0.2) is 4.98 Å². The Hall–Kier alpha value is -3.60. The molecule has 0 saturated heterocycles. The highest BCUT2D eigenvalue weighted by Gasteiger charge is 2.28. The number of aryl methyl sites for hydroxylation is 1. The molecule has 4 rings (SSSR count). The van der Waals surface area contributed by atoms with Crippen molar-refractivity contribution in [2.75, 3.05) is 6.54 Å². The van der Waals surface area contributed by atoms with Gasteiger partial charge in [-0.3, -0.25) is 9.48 Å². The smallest absolute Gasteiger partial charge is 0.274 e. The SMILES string of the molecule is Cn1ccc(C(=O)N2Cc3cccn3CC(Oc3ccc(C#N)cn3)C2)n1. The maximum Gasteiger partial charge on any atom is 0.274 e. The summed E-state index contributed by atoms with van der Waals surface area (Å²) in [5.74, 6) is 0.298. The van der Waals surface area contributed by atoms with E-state index in [1.807, 2.05) is 24.4 Å². The fraction of sp³-hybridized carbons (Fsp3) is 0.263. The highest BCUT2D eigenvalue weighted by Crippen LogP contribution is 2.19. The molecule has 3 aromatic rings. The fourth-order valence-electron chi connectivity index (χ4n) is 3.16. The van der Waals surface area contributed by atoms with E-state index in [-0.39, 0.29) is 12.0 Å². The number of carbonyl (C=O) groups is 1. The van der Waals surface area contributed by atoms with Gasteiger partial charge in [0.15, 0.2) is 0 Å². The zero-order chi connectivity index (χ0) is 18.8. The van der Waals surface area contributed by atoms with Crippen molar-refractivity contribution in [3.63, 3.8) is 0 Å². The predicted octanol–water partition coefficient (Wildman–Crippen LogP) is 1.59. The molecule has 0 aliphatic carbocycles. The lowest BCUT2D eigenvalue weighted by Gasteiger charge is -2.24. The number of rotatable bonds is 3. The Bertz CT molecular complexity index is 998. The second kappa shape index (κ2) is 6.96. The summed E-state index contributed by atoms with van der Waals surface area (Å²) >= 11 is 0. The number of fused-ring (bicyclic) bond motifs is 1. The van der Waals surface area contributed by atoms with E-state index in [9.17, 15) is 4.79 Å². The second-order valence-electron chi connectivity index (χ2n) is 6.45. The molecule has 1 amide bonds. The number of pyridine rings is 1. The third-order valence-corrected chi connectivity index (χ3v) is 4.47. The second-order valence-corrected chi connectivity index (χ2v) is 6.45. The minimum absolute atomic E-state index is 0.133. The lowest BCUT2D eigenvalue weighted by atomic mass is 10.2. The molecule has 0 fully saturated rings. The number of ether oxygens (including phenoxy) is 1. The monoisotopic (exact) mass is 362 g/mol. The van der Waals surface area contributed by atoms with Crippen molar-refractivity contribution >= 4 is 5.91 Å². The van der Waals surface area contributed by atoms with Gasteiger partial charge in [-0.05, 0) is 24.3 Å². The minimum atomic E-state index is -0.272. The Labute approximate surface area is 156 Å². The Kier molecular flexibility index (Phi) is 4.34. The standard InChI is InChI=1S/C19H18N6O2/c1-23-8-6-17(22-23)19(26)25-11-15-3-2-7-24(15)12-16(13-25)27-18-5-4-14(9-20)10-21-18/h2-8,10,16H,11-13H2,1H3. The van der Waals surface area contributed by atoms with Crippen molar-refractivity contribution in [3.05, 3.63) is 65.9 Å². The van der Waals surface area contributed by atoms with Gasteiger partial charge in [0.2, 0.25) is 5.88 Å². The molecule has 1 aliphatic rings. The molecule has 1 aliphatic heterocycles. The molecule has 0 radical (unpaired) electrons. The summed E-state index contributed by atoms with van der Waals surface area (Å²) in [7, 11) is 1.78. The highest BCUT2D eigenvalue weighted by atomic mass is 16.5. The van der Waals surface area contributed by atoms with E-state index in [1.165, 1.54) is 6.20 Å². The third kappa shape index (κ3) is 3.53. The van der Waals surface area contributed by atoms with Gasteiger partial charge in [-0.1, -0.05) is 0 Å². The first-order chi connectivity index (χ1) is 13.1. The van der Waals surface area contributed by atoms with Crippen molar-refractivity contribution in [2.45, 2.75) is 19.2 Å². The zero-order valence-corrected chi connectivity index (χ0v) is 14.8. The molecule has 1 unspecified atom stereocenters. The summed E-state index contributed by atoms with van der Waals surface area (Å²) in [6, 6.07) is 11.0. The summed E-state index contributed by atoms with van der Waals surface area (Å²) in [5.41, 5.74) is 1.92. The van der Waals surface area contributed by atoms with Crippen LogP contribution in [0.1, 0.15) is 21.7 Å². The van der Waals surface area contributed by atoms with Crippen LogP contribution in [0.2, 0.25) is 0 Å². The van der Waals surface area contributed by atoms with E-state index < -0.39 is 0 Å². The number of hydrogen-bond acceptors (Lipinski definition) is 5. The van der Waals surface area contributed by atoms with E-state index in [4.69, 9.17) is 10.00 Å². The first kappa shape index (κ1) is 16.8. The molecular weight excluding hydrogens is 344 g/mol. The fourth-order valence-corrected chi connectivity index (χ4v) is 3.16. The largest absolute Gasteiger partial charge is 0.471 e. The molecule has 0 N–H and O–H groups in total. The maximum absolute atomic E-state index is 12.9. The molecule has 8 nitrogen and oxygen atoms in total. The van der Waals surface area contributed by atoms with Gasteiger partial charge in [0.1, 0.15) is 17.9 Å². The molecule has 0 bridgehead atoms. The van der Waals surface area contributed by atoms with Crippen LogP contribution >= 0.6 is 0 Å². The molecule has 3 aromatic heterocycles. The quantitative estimate of drug-likeness (QED) is 0.706. The van der Waals surface area contributed by atoms with Crippen molar-refractivity contribution in [3.8, 4) is 11.9 Å². The van der Waals surface area contributed by atoms with Crippen LogP contribution in [0.3, 0.4) is 0 Å². The van der Waals surface area contributed by atoms with Crippen LogP contribution in [-0.2, 0) is 20.1 Å². The lowest BCUT2D eigenvalue weighted by molar-refractivity contribution is 0.0640. The van der Waals surface area contributed by atoms with E-state index >= 15 is 0 Å². The number of hydrogen-bond donors (Lipinski definition) is 0. The van der Waals surface area contributed by atoms with Crippen molar-refractivity contribution < 1.29 is 9.53 Å². The minimum Gasteiger partial charge on any atom is -0.471 e. The number of nitriles is 1. The number of amides is 1. The van der Waals surface area contributed by atoms with E-state index in [0.717, 1.165) is 5.69 Å². The van der Waals surface area contributed by atoms with E-state index in [1.54, 1.807) is 41.0 Å².